The van der Waals surface area contributed by atoms with Crippen LogP contribution in [0.25, 0.3) is 10.9 Å². The van der Waals surface area contributed by atoms with Crippen LogP contribution < -0.4 is 20.7 Å². The van der Waals surface area contributed by atoms with Crippen molar-refractivity contribution in [3.8, 4) is 5.88 Å². The van der Waals surface area contributed by atoms with Gasteiger partial charge in [0, 0.05) is 64.1 Å². The maximum absolute atomic E-state index is 13.4. The van der Waals surface area contributed by atoms with Gasteiger partial charge in [0.1, 0.15) is 17.6 Å². The van der Waals surface area contributed by atoms with E-state index in [2.05, 4.69) is 40.9 Å². The van der Waals surface area contributed by atoms with Gasteiger partial charge in [0.2, 0.25) is 17.0 Å². The fourth-order valence-corrected chi connectivity index (χ4v) is 5.45. The number of hydrogen-bond donors (Lipinski definition) is 2. The summed E-state index contributed by atoms with van der Waals surface area (Å²) in [5.41, 5.74) is 7.87. The molecular formula is C27H32ClN9O3S. The quantitative estimate of drug-likeness (QED) is 0.398. The summed E-state index contributed by atoms with van der Waals surface area (Å²) >= 11 is 7.00. The lowest BCUT2D eigenvalue weighted by Crippen LogP contribution is -2.46. The van der Waals surface area contributed by atoms with Gasteiger partial charge < -0.3 is 30.5 Å². The predicted octanol–water partition coefficient (Wildman–Crippen LogP) is 2.73. The first kappa shape index (κ1) is 28.7. The van der Waals surface area contributed by atoms with Crippen molar-refractivity contribution in [2.45, 2.75) is 25.3 Å². The van der Waals surface area contributed by atoms with Crippen molar-refractivity contribution >= 4 is 57.8 Å². The summed E-state index contributed by atoms with van der Waals surface area (Å²) in [5.74, 6) is 1.22. The number of amides is 2. The number of rotatable bonds is 8. The second-order valence-corrected chi connectivity index (χ2v) is 11.2. The second kappa shape index (κ2) is 12.4. The number of ether oxygens (including phenoxy) is 1. The van der Waals surface area contributed by atoms with Crippen LogP contribution in [0.5, 0.6) is 5.88 Å². The predicted molar refractivity (Wildman–Crippen MR) is 159 cm³/mol. The number of nitrogens with two attached hydrogens (primary N) is 1. The highest BCUT2D eigenvalue weighted by atomic mass is 35.5. The molecule has 1 saturated heterocycles. The van der Waals surface area contributed by atoms with Gasteiger partial charge in [-0.1, -0.05) is 17.7 Å². The monoisotopic (exact) mass is 597 g/mol. The SMILES string of the molecule is CN1CCN(c2nc(N)nc3cc(C(=O)NC(CC4=CCCC(Oc5nsnc5Cl)=C4)C(=O)N(C)C)ccc23)CC1. The van der Waals surface area contributed by atoms with E-state index in [0.717, 1.165) is 54.7 Å². The van der Waals surface area contributed by atoms with E-state index >= 15 is 0 Å². The summed E-state index contributed by atoms with van der Waals surface area (Å²) < 4.78 is 13.8. The fraction of sp³-hybridized carbons (Fsp3) is 0.407. The number of nitrogen functional groups attached to an aromatic ring is 1. The lowest BCUT2D eigenvalue weighted by Gasteiger charge is -2.33. The molecule has 0 spiro atoms. The highest BCUT2D eigenvalue weighted by molar-refractivity contribution is 6.99. The van der Waals surface area contributed by atoms with Gasteiger partial charge in [-0.3, -0.25) is 9.59 Å². The lowest BCUT2D eigenvalue weighted by atomic mass is 9.98. The van der Waals surface area contributed by atoms with Gasteiger partial charge in [0.05, 0.1) is 17.2 Å². The normalized spacial score (nSPS) is 16.6. The first-order chi connectivity index (χ1) is 19.7. The summed E-state index contributed by atoms with van der Waals surface area (Å²) in [6, 6.07) is 4.47. The van der Waals surface area contributed by atoms with Crippen LogP contribution in [0.4, 0.5) is 11.8 Å². The molecule has 216 valence electrons. The number of nitrogens with one attached hydrogen (secondary N) is 1. The van der Waals surface area contributed by atoms with Gasteiger partial charge >= 0.3 is 0 Å². The molecule has 0 bridgehead atoms. The van der Waals surface area contributed by atoms with Crippen molar-refractivity contribution in [2.24, 2.45) is 0 Å². The van der Waals surface area contributed by atoms with Crippen LogP contribution in [0, 0.1) is 0 Å². The highest BCUT2D eigenvalue weighted by Gasteiger charge is 2.26. The summed E-state index contributed by atoms with van der Waals surface area (Å²) in [4.78, 5) is 41.4. The average molecular weight is 598 g/mol. The summed E-state index contributed by atoms with van der Waals surface area (Å²) in [6.45, 7) is 3.48. The molecule has 3 N–H and O–H groups in total. The molecule has 1 aliphatic heterocycles. The molecule has 1 aromatic carbocycles. The molecule has 2 aliphatic rings. The van der Waals surface area contributed by atoms with Crippen molar-refractivity contribution in [3.63, 3.8) is 0 Å². The first-order valence-electron chi connectivity index (χ1n) is 13.3. The van der Waals surface area contributed by atoms with Gasteiger partial charge in [-0.25, -0.2) is 4.98 Å². The van der Waals surface area contributed by atoms with Crippen LogP contribution in [-0.2, 0) is 4.79 Å². The van der Waals surface area contributed by atoms with Crippen molar-refractivity contribution < 1.29 is 14.3 Å². The maximum atomic E-state index is 13.4. The molecule has 12 nitrogen and oxygen atoms in total. The number of hydrogen-bond acceptors (Lipinski definition) is 11. The third kappa shape index (κ3) is 6.75. The smallest absolute Gasteiger partial charge is 0.270 e. The molecule has 1 aliphatic carbocycles. The Morgan fingerprint density at radius 2 is 1.98 bits per heavy atom. The van der Waals surface area contributed by atoms with E-state index in [1.165, 1.54) is 4.90 Å². The molecule has 1 fully saturated rings. The summed E-state index contributed by atoms with van der Waals surface area (Å²) in [6.07, 6.45) is 5.56. The van der Waals surface area contributed by atoms with Crippen LogP contribution in [0.1, 0.15) is 29.6 Å². The third-order valence-electron chi connectivity index (χ3n) is 7.04. The van der Waals surface area contributed by atoms with Gasteiger partial charge in [-0.2, -0.15) is 9.36 Å². The van der Waals surface area contributed by atoms with Crippen molar-refractivity contribution in [1.82, 2.24) is 33.8 Å². The zero-order chi connectivity index (χ0) is 29.1. The van der Waals surface area contributed by atoms with Crippen molar-refractivity contribution in [3.05, 3.63) is 52.4 Å². The Hall–Kier alpha value is -3.81. The van der Waals surface area contributed by atoms with Gasteiger partial charge in [-0.15, -0.1) is 4.37 Å². The molecule has 2 amide bonds. The Labute approximate surface area is 247 Å². The van der Waals surface area contributed by atoms with Crippen molar-refractivity contribution in [2.75, 3.05) is 58.0 Å². The minimum Gasteiger partial charge on any atom is -0.440 e. The number of halogens is 1. The average Bonchev–Trinajstić information content (AvgIpc) is 3.35. The van der Waals surface area contributed by atoms with Crippen molar-refractivity contribution in [1.29, 1.82) is 0 Å². The van der Waals surface area contributed by atoms with E-state index < -0.39 is 6.04 Å². The van der Waals surface area contributed by atoms with Gasteiger partial charge in [-0.05, 0) is 43.3 Å². The van der Waals surface area contributed by atoms with Crippen LogP contribution in [0.2, 0.25) is 5.15 Å². The molecule has 1 unspecified atom stereocenters. The van der Waals surface area contributed by atoms with E-state index in [-0.39, 0.29) is 35.2 Å². The largest absolute Gasteiger partial charge is 0.440 e. The molecule has 3 heterocycles. The van der Waals surface area contributed by atoms with E-state index in [1.54, 1.807) is 26.2 Å². The molecule has 3 aromatic rings. The standard InChI is InChI=1S/C27H32ClN9O3S/c1-35(2)26(39)21(14-16-5-4-6-18(13-16)40-25-22(28)33-41-34-25)30-24(38)17-7-8-19-20(15-17)31-27(29)32-23(19)37-11-9-36(3)10-12-37/h5,7-8,13,15,21H,4,6,9-12,14H2,1-3H3,(H,30,38)(H2,29,31,32). The first-order valence-corrected chi connectivity index (χ1v) is 14.4. The molecule has 2 aromatic heterocycles. The summed E-state index contributed by atoms with van der Waals surface area (Å²) in [7, 11) is 5.41. The number of allylic oxidation sites excluding steroid dienone is 3. The van der Waals surface area contributed by atoms with Gasteiger partial charge in [0.25, 0.3) is 11.8 Å². The van der Waals surface area contributed by atoms with Crippen LogP contribution >= 0.6 is 23.3 Å². The zero-order valence-electron chi connectivity index (χ0n) is 23.1. The number of aromatic nitrogens is 4. The highest BCUT2D eigenvalue weighted by Crippen LogP contribution is 2.29. The Bertz CT molecular complexity index is 1510. The maximum Gasteiger partial charge on any atom is 0.270 e. The molecule has 41 heavy (non-hydrogen) atoms. The topological polar surface area (TPSA) is 143 Å². The third-order valence-corrected chi connectivity index (χ3v) is 7.89. The fourth-order valence-electron chi connectivity index (χ4n) is 4.84. The van der Waals surface area contributed by atoms with Crippen LogP contribution in [0.15, 0.2) is 41.7 Å². The Kier molecular flexibility index (Phi) is 8.66. The van der Waals surface area contributed by atoms with E-state index in [9.17, 15) is 9.59 Å². The van der Waals surface area contributed by atoms with E-state index in [0.29, 0.717) is 29.7 Å². The number of anilines is 2. The number of likely N-dealkylation sites (N-methyl/N-ethyl adjacent to an activating group) is 2. The molecular weight excluding hydrogens is 566 g/mol. The number of fused-ring (bicyclic) bond motifs is 1. The van der Waals surface area contributed by atoms with Crippen LogP contribution in [0.3, 0.4) is 0 Å². The molecule has 0 saturated carbocycles. The number of piperazine rings is 1. The summed E-state index contributed by atoms with van der Waals surface area (Å²) in [5, 5.41) is 3.95. The number of benzene rings is 1. The minimum atomic E-state index is -0.795. The lowest BCUT2D eigenvalue weighted by molar-refractivity contribution is -0.130. The molecule has 0 radical (unpaired) electrons. The molecule has 14 heteroatoms. The van der Waals surface area contributed by atoms with E-state index in [4.69, 9.17) is 22.1 Å². The molecule has 1 atom stereocenters. The molecule has 5 rings (SSSR count). The Morgan fingerprint density at radius 1 is 1.20 bits per heavy atom. The Balaban J connectivity index is 1.34. The number of carbonyl (C=O) groups is 2. The zero-order valence-corrected chi connectivity index (χ0v) is 24.7. The number of carbonyl (C=O) groups excluding carboxylic acids is 2. The van der Waals surface area contributed by atoms with Crippen LogP contribution in [-0.4, -0.2) is 93.7 Å². The minimum absolute atomic E-state index is 0.147. The Morgan fingerprint density at radius 3 is 2.68 bits per heavy atom. The second-order valence-electron chi connectivity index (χ2n) is 10.3. The van der Waals surface area contributed by atoms with Gasteiger partial charge in [0.15, 0.2) is 0 Å². The van der Waals surface area contributed by atoms with E-state index in [1.807, 2.05) is 18.2 Å². The number of nitrogens with zero attached hydrogens (tertiary/aromatic N) is 7.